The molecule has 90 valence electrons. The second-order valence-corrected chi connectivity index (χ2v) is 3.51. The summed E-state index contributed by atoms with van der Waals surface area (Å²) in [4.78, 5) is 15.0. The standard InChI is InChI=1S/C10H7BrF2N2O2/c1-17-10(16)6-4-15-7(2-11)8(9(12)13)5(6)3-14/h4,9H,2H2,1H3. The lowest BCUT2D eigenvalue weighted by atomic mass is 10.0. The third-order valence-corrected chi connectivity index (χ3v) is 2.59. The molecule has 0 aliphatic heterocycles. The maximum Gasteiger partial charge on any atom is 0.340 e. The number of nitriles is 1. The van der Waals surface area contributed by atoms with Crippen molar-refractivity contribution in [2.75, 3.05) is 7.11 Å². The predicted molar refractivity (Wildman–Crippen MR) is 57.9 cm³/mol. The van der Waals surface area contributed by atoms with E-state index in [0.717, 1.165) is 13.3 Å². The molecule has 0 bridgehead atoms. The molecule has 0 aromatic carbocycles. The molecule has 0 radical (unpaired) electrons. The molecule has 1 aromatic heterocycles. The van der Waals surface area contributed by atoms with Gasteiger partial charge in [-0.1, -0.05) is 15.9 Å². The fraction of sp³-hybridized carbons (Fsp3) is 0.300. The number of aromatic nitrogens is 1. The maximum atomic E-state index is 12.8. The van der Waals surface area contributed by atoms with Crippen molar-refractivity contribution >= 4 is 21.9 Å². The zero-order valence-corrected chi connectivity index (χ0v) is 10.3. The predicted octanol–water partition coefficient (Wildman–Crippen LogP) is 2.57. The first-order valence-electron chi connectivity index (χ1n) is 4.41. The van der Waals surface area contributed by atoms with Crippen LogP contribution >= 0.6 is 15.9 Å². The van der Waals surface area contributed by atoms with Gasteiger partial charge in [-0.2, -0.15) is 5.26 Å². The highest BCUT2D eigenvalue weighted by atomic mass is 79.9. The van der Waals surface area contributed by atoms with Crippen LogP contribution in [0.2, 0.25) is 0 Å². The highest BCUT2D eigenvalue weighted by molar-refractivity contribution is 9.08. The van der Waals surface area contributed by atoms with Crippen LogP contribution in [0.25, 0.3) is 0 Å². The zero-order valence-electron chi connectivity index (χ0n) is 8.71. The summed E-state index contributed by atoms with van der Waals surface area (Å²) in [5.74, 6) is -0.864. The van der Waals surface area contributed by atoms with Gasteiger partial charge in [-0.25, -0.2) is 13.6 Å². The largest absolute Gasteiger partial charge is 0.465 e. The lowest BCUT2D eigenvalue weighted by Crippen LogP contribution is -2.10. The highest BCUT2D eigenvalue weighted by Gasteiger charge is 2.24. The Morgan fingerprint density at radius 1 is 1.71 bits per heavy atom. The Morgan fingerprint density at radius 3 is 2.76 bits per heavy atom. The van der Waals surface area contributed by atoms with Gasteiger partial charge in [-0.15, -0.1) is 0 Å². The molecule has 0 amide bonds. The number of methoxy groups -OCH3 is 1. The van der Waals surface area contributed by atoms with Crippen LogP contribution in [0.1, 0.15) is 33.6 Å². The molecule has 4 nitrogen and oxygen atoms in total. The van der Waals surface area contributed by atoms with Gasteiger partial charge in [0.2, 0.25) is 0 Å². The van der Waals surface area contributed by atoms with Crippen LogP contribution in [-0.4, -0.2) is 18.1 Å². The van der Waals surface area contributed by atoms with Gasteiger partial charge in [-0.3, -0.25) is 4.98 Å². The first-order chi connectivity index (χ1) is 8.06. The second-order valence-electron chi connectivity index (χ2n) is 2.94. The van der Waals surface area contributed by atoms with Gasteiger partial charge in [0.05, 0.1) is 29.5 Å². The molecule has 1 rings (SSSR count). The smallest absolute Gasteiger partial charge is 0.340 e. The van der Waals surface area contributed by atoms with Crippen LogP contribution in [-0.2, 0) is 10.1 Å². The fourth-order valence-electron chi connectivity index (χ4n) is 1.29. The van der Waals surface area contributed by atoms with Gasteiger partial charge in [0.1, 0.15) is 6.07 Å². The van der Waals surface area contributed by atoms with E-state index in [4.69, 9.17) is 5.26 Å². The maximum absolute atomic E-state index is 12.8. The number of carbonyl (C=O) groups is 1. The molecule has 1 heterocycles. The summed E-state index contributed by atoms with van der Waals surface area (Å²) in [7, 11) is 1.10. The van der Waals surface area contributed by atoms with Crippen molar-refractivity contribution in [3.63, 3.8) is 0 Å². The van der Waals surface area contributed by atoms with Crippen molar-refractivity contribution < 1.29 is 18.3 Å². The molecule has 0 saturated carbocycles. The summed E-state index contributed by atoms with van der Waals surface area (Å²) in [5.41, 5.74) is -1.15. The Balaban J connectivity index is 3.53. The average molecular weight is 305 g/mol. The van der Waals surface area contributed by atoms with Crippen LogP contribution in [0.3, 0.4) is 0 Å². The minimum atomic E-state index is -2.88. The summed E-state index contributed by atoms with van der Waals surface area (Å²) in [6.45, 7) is 0. The third kappa shape index (κ3) is 2.58. The molecule has 0 fully saturated rings. The van der Waals surface area contributed by atoms with Gasteiger partial charge < -0.3 is 4.74 Å². The topological polar surface area (TPSA) is 63.0 Å². The Hall–Kier alpha value is -1.55. The van der Waals surface area contributed by atoms with E-state index in [2.05, 4.69) is 25.7 Å². The van der Waals surface area contributed by atoms with E-state index >= 15 is 0 Å². The van der Waals surface area contributed by atoms with Crippen molar-refractivity contribution in [3.8, 4) is 6.07 Å². The number of pyridine rings is 1. The minimum Gasteiger partial charge on any atom is -0.465 e. The molecule has 7 heteroatoms. The number of ether oxygens (including phenoxy) is 1. The number of alkyl halides is 3. The van der Waals surface area contributed by atoms with Gasteiger partial charge >= 0.3 is 5.97 Å². The van der Waals surface area contributed by atoms with E-state index in [-0.39, 0.29) is 16.6 Å². The lowest BCUT2D eigenvalue weighted by molar-refractivity contribution is 0.0599. The van der Waals surface area contributed by atoms with E-state index in [9.17, 15) is 13.6 Å². The summed E-state index contributed by atoms with van der Waals surface area (Å²) < 4.78 is 30.1. The van der Waals surface area contributed by atoms with Gasteiger partial charge in [0.25, 0.3) is 6.43 Å². The normalized spacial score (nSPS) is 10.1. The van der Waals surface area contributed by atoms with Crippen molar-refractivity contribution in [3.05, 3.63) is 28.6 Å². The second kappa shape index (κ2) is 5.68. The number of rotatable bonds is 3. The Kier molecular flexibility index (Phi) is 4.52. The Morgan fingerprint density at radius 2 is 2.35 bits per heavy atom. The molecular weight excluding hydrogens is 298 g/mol. The van der Waals surface area contributed by atoms with Crippen LogP contribution in [0, 0.1) is 11.3 Å². The fourth-order valence-corrected chi connectivity index (χ4v) is 1.74. The van der Waals surface area contributed by atoms with Gasteiger partial charge in [0.15, 0.2) is 0 Å². The molecule has 0 N–H and O–H groups in total. The number of halogens is 3. The average Bonchev–Trinajstić information content (AvgIpc) is 2.35. The molecule has 17 heavy (non-hydrogen) atoms. The lowest BCUT2D eigenvalue weighted by Gasteiger charge is -2.10. The molecular formula is C10H7BrF2N2O2. The molecule has 1 aromatic rings. The number of esters is 1. The van der Waals surface area contributed by atoms with E-state index in [1.807, 2.05) is 0 Å². The van der Waals surface area contributed by atoms with E-state index in [1.165, 1.54) is 0 Å². The first-order valence-corrected chi connectivity index (χ1v) is 5.53. The summed E-state index contributed by atoms with van der Waals surface area (Å²) >= 11 is 3.00. The highest BCUT2D eigenvalue weighted by Crippen LogP contribution is 2.29. The Bertz CT molecular complexity index is 486. The van der Waals surface area contributed by atoms with Gasteiger partial charge in [0, 0.05) is 11.5 Å². The van der Waals surface area contributed by atoms with Crippen LogP contribution in [0.4, 0.5) is 8.78 Å². The summed E-state index contributed by atoms with van der Waals surface area (Å²) in [5, 5.41) is 8.95. The van der Waals surface area contributed by atoms with Crippen molar-refractivity contribution in [2.45, 2.75) is 11.8 Å². The molecule has 0 aliphatic carbocycles. The molecule has 0 spiro atoms. The molecule has 0 aliphatic rings. The summed E-state index contributed by atoms with van der Waals surface area (Å²) in [6.07, 6.45) is -1.82. The number of nitrogens with zero attached hydrogens (tertiary/aromatic N) is 2. The zero-order chi connectivity index (χ0) is 13.0. The molecule has 0 atom stereocenters. The van der Waals surface area contributed by atoms with Crippen LogP contribution in [0.5, 0.6) is 0 Å². The Labute approximate surface area is 104 Å². The van der Waals surface area contributed by atoms with E-state index < -0.39 is 23.5 Å². The third-order valence-electron chi connectivity index (χ3n) is 2.06. The first kappa shape index (κ1) is 13.5. The van der Waals surface area contributed by atoms with E-state index in [0.29, 0.717) is 0 Å². The van der Waals surface area contributed by atoms with Crippen LogP contribution < -0.4 is 0 Å². The van der Waals surface area contributed by atoms with Gasteiger partial charge in [-0.05, 0) is 0 Å². The van der Waals surface area contributed by atoms with E-state index in [1.54, 1.807) is 6.07 Å². The molecule has 0 unspecified atom stereocenters. The quantitative estimate of drug-likeness (QED) is 0.636. The van der Waals surface area contributed by atoms with Crippen LogP contribution in [0.15, 0.2) is 6.20 Å². The SMILES string of the molecule is COC(=O)c1cnc(CBr)c(C(F)F)c1C#N. The minimum absolute atomic E-state index is 0.0317. The number of carbonyl (C=O) groups excluding carboxylic acids is 1. The van der Waals surface area contributed by atoms with Crippen molar-refractivity contribution in [1.82, 2.24) is 4.98 Å². The summed E-state index contributed by atoms with van der Waals surface area (Å²) in [6, 6.07) is 1.59. The molecule has 0 saturated heterocycles. The number of hydrogen-bond acceptors (Lipinski definition) is 4. The monoisotopic (exact) mass is 304 g/mol. The van der Waals surface area contributed by atoms with Crippen molar-refractivity contribution in [2.24, 2.45) is 0 Å². The van der Waals surface area contributed by atoms with Crippen molar-refractivity contribution in [1.29, 1.82) is 5.26 Å². The number of hydrogen-bond donors (Lipinski definition) is 0.